The van der Waals surface area contributed by atoms with Gasteiger partial charge in [0.1, 0.15) is 17.3 Å². The van der Waals surface area contributed by atoms with Crippen molar-refractivity contribution in [1.82, 2.24) is 14.5 Å². The molecule has 0 radical (unpaired) electrons. The van der Waals surface area contributed by atoms with Crippen LogP contribution in [0.2, 0.25) is 0 Å². The third-order valence-corrected chi connectivity index (χ3v) is 5.77. The molecule has 1 aromatic heterocycles. The van der Waals surface area contributed by atoms with Crippen LogP contribution >= 0.6 is 0 Å². The Morgan fingerprint density at radius 1 is 1.41 bits per heavy atom. The summed E-state index contributed by atoms with van der Waals surface area (Å²) in [5.41, 5.74) is 6.09. The van der Waals surface area contributed by atoms with Gasteiger partial charge in [0, 0.05) is 31.8 Å². The summed E-state index contributed by atoms with van der Waals surface area (Å²) in [5, 5.41) is 10.5. The summed E-state index contributed by atoms with van der Waals surface area (Å²) in [6.45, 7) is 0.388. The number of carbonyl (C=O) groups is 2. The standard InChI is InChI=1S/C21H17FN4O3/c1-25-5-4-21(29,20(25)28)3-2-11-8-15-14(9-16(11)22)12-6-13(7-12)26-10-17(18(23)27)24-19(15)26/h6,8-10,13,29H,4-5,7H2,1H3,(H2,23,27)/t13?,21-/m0/s1. The maximum Gasteiger partial charge on any atom is 0.268 e. The molecule has 1 aromatic carbocycles. The molecule has 4 heterocycles. The zero-order valence-electron chi connectivity index (χ0n) is 15.6. The number of benzene rings is 1. The monoisotopic (exact) mass is 392 g/mol. The van der Waals surface area contributed by atoms with Gasteiger partial charge in [0.05, 0.1) is 11.6 Å². The molecule has 3 N–H and O–H groups in total. The van der Waals surface area contributed by atoms with Crippen molar-refractivity contribution in [3.63, 3.8) is 0 Å². The number of allylic oxidation sites excluding steroid dienone is 2. The van der Waals surface area contributed by atoms with Crippen LogP contribution in [0.4, 0.5) is 4.39 Å². The minimum absolute atomic E-state index is 0.0398. The number of hydrogen-bond acceptors (Lipinski definition) is 4. The van der Waals surface area contributed by atoms with Crippen LogP contribution in [0.5, 0.6) is 0 Å². The zero-order valence-corrected chi connectivity index (χ0v) is 15.6. The van der Waals surface area contributed by atoms with Gasteiger partial charge in [0.15, 0.2) is 0 Å². The van der Waals surface area contributed by atoms with Crippen molar-refractivity contribution >= 4 is 17.4 Å². The summed E-state index contributed by atoms with van der Waals surface area (Å²) >= 11 is 0. The number of carbonyl (C=O) groups excluding carboxylic acids is 2. The third-order valence-electron chi connectivity index (χ3n) is 5.77. The molecule has 29 heavy (non-hydrogen) atoms. The van der Waals surface area contributed by atoms with Gasteiger partial charge in [-0.25, -0.2) is 9.37 Å². The summed E-state index contributed by atoms with van der Waals surface area (Å²) in [4.78, 5) is 29.4. The molecular weight excluding hydrogens is 375 g/mol. The Morgan fingerprint density at radius 3 is 2.83 bits per heavy atom. The van der Waals surface area contributed by atoms with E-state index < -0.39 is 23.2 Å². The molecule has 146 valence electrons. The van der Waals surface area contributed by atoms with Gasteiger partial charge in [-0.05, 0) is 29.7 Å². The fourth-order valence-corrected chi connectivity index (χ4v) is 4.03. The number of aliphatic hydroxyl groups is 1. The molecule has 3 aliphatic heterocycles. The second-order valence-electron chi connectivity index (χ2n) is 7.65. The normalized spacial score (nSPS) is 24.0. The first-order chi connectivity index (χ1) is 13.8. The second-order valence-corrected chi connectivity index (χ2v) is 7.65. The van der Waals surface area contributed by atoms with Crippen LogP contribution < -0.4 is 5.73 Å². The minimum Gasteiger partial charge on any atom is -0.369 e. The molecule has 7 nitrogen and oxygen atoms in total. The predicted octanol–water partition coefficient (Wildman–Crippen LogP) is 1.07. The summed E-state index contributed by atoms with van der Waals surface area (Å²) in [7, 11) is 1.58. The lowest BCUT2D eigenvalue weighted by atomic mass is 9.86. The molecule has 1 fully saturated rings. The van der Waals surface area contributed by atoms with Gasteiger partial charge in [0.2, 0.25) is 5.60 Å². The average molecular weight is 392 g/mol. The largest absolute Gasteiger partial charge is 0.369 e. The van der Waals surface area contributed by atoms with E-state index in [2.05, 4.69) is 16.8 Å². The molecule has 6 rings (SSSR count). The Morgan fingerprint density at radius 2 is 2.17 bits per heavy atom. The van der Waals surface area contributed by atoms with Crippen LogP contribution in [-0.2, 0) is 4.79 Å². The van der Waals surface area contributed by atoms with Crippen molar-refractivity contribution in [3.05, 3.63) is 47.0 Å². The maximum absolute atomic E-state index is 14.8. The van der Waals surface area contributed by atoms with Crippen molar-refractivity contribution in [2.24, 2.45) is 5.73 Å². The molecule has 2 aromatic rings. The van der Waals surface area contributed by atoms with Crippen LogP contribution in [0.15, 0.2) is 24.4 Å². The van der Waals surface area contributed by atoms with Crippen molar-refractivity contribution in [3.8, 4) is 23.2 Å². The van der Waals surface area contributed by atoms with Crippen LogP contribution in [0.3, 0.4) is 0 Å². The third kappa shape index (κ3) is 2.51. The topological polar surface area (TPSA) is 101 Å². The van der Waals surface area contributed by atoms with Crippen LogP contribution in [-0.4, -0.2) is 50.6 Å². The molecule has 1 saturated heterocycles. The highest BCUT2D eigenvalue weighted by Crippen LogP contribution is 2.47. The molecule has 8 heteroatoms. The van der Waals surface area contributed by atoms with E-state index in [4.69, 9.17) is 5.73 Å². The highest BCUT2D eigenvalue weighted by Gasteiger charge is 2.42. The lowest BCUT2D eigenvalue weighted by Gasteiger charge is -2.24. The van der Waals surface area contributed by atoms with E-state index in [0.29, 0.717) is 29.9 Å². The fourth-order valence-electron chi connectivity index (χ4n) is 4.03. The number of primary amides is 1. The number of halogens is 1. The van der Waals surface area contributed by atoms with Gasteiger partial charge in [0.25, 0.3) is 11.8 Å². The molecule has 2 atom stereocenters. The first-order valence-electron chi connectivity index (χ1n) is 9.21. The van der Waals surface area contributed by atoms with E-state index in [0.717, 1.165) is 5.57 Å². The molecule has 0 spiro atoms. The van der Waals surface area contributed by atoms with E-state index in [1.54, 1.807) is 19.3 Å². The van der Waals surface area contributed by atoms with Crippen LogP contribution in [0.25, 0.3) is 17.0 Å². The quantitative estimate of drug-likeness (QED) is 0.709. The molecule has 1 unspecified atom stereocenters. The van der Waals surface area contributed by atoms with Gasteiger partial charge in [-0.1, -0.05) is 17.9 Å². The van der Waals surface area contributed by atoms with Gasteiger partial charge < -0.3 is 20.3 Å². The number of imidazole rings is 1. The summed E-state index contributed by atoms with van der Waals surface area (Å²) in [6.07, 6.45) is 4.49. The first kappa shape index (κ1) is 17.6. The van der Waals surface area contributed by atoms with Gasteiger partial charge in [-0.15, -0.1) is 0 Å². The van der Waals surface area contributed by atoms with E-state index in [1.165, 1.54) is 11.0 Å². The molecular formula is C21H17FN4O3. The van der Waals surface area contributed by atoms with Crippen molar-refractivity contribution in [2.45, 2.75) is 24.5 Å². The molecule has 4 aliphatic rings. The molecule has 1 aliphatic carbocycles. The van der Waals surface area contributed by atoms with Crippen molar-refractivity contribution in [1.29, 1.82) is 0 Å². The predicted molar refractivity (Wildman–Crippen MR) is 102 cm³/mol. The number of aromatic nitrogens is 2. The number of amides is 2. The van der Waals surface area contributed by atoms with Crippen molar-refractivity contribution < 1.29 is 19.1 Å². The van der Waals surface area contributed by atoms with Gasteiger partial charge >= 0.3 is 0 Å². The number of likely N-dealkylation sites (tertiary alicyclic amines) is 1. The first-order valence-corrected chi connectivity index (χ1v) is 9.21. The highest BCUT2D eigenvalue weighted by molar-refractivity contribution is 5.93. The number of nitrogens with two attached hydrogens (primary N) is 1. The fraction of sp³-hybridized carbons (Fsp3) is 0.286. The Balaban J connectivity index is 1.63. The van der Waals surface area contributed by atoms with Crippen LogP contribution in [0.1, 0.15) is 40.5 Å². The van der Waals surface area contributed by atoms with E-state index in [-0.39, 0.29) is 23.7 Å². The van der Waals surface area contributed by atoms with E-state index >= 15 is 0 Å². The highest BCUT2D eigenvalue weighted by atomic mass is 19.1. The Kier molecular flexibility index (Phi) is 3.52. The summed E-state index contributed by atoms with van der Waals surface area (Å²) in [5.74, 6) is 4.02. The average Bonchev–Trinajstić information content (AvgIpc) is 3.12. The zero-order chi connectivity index (χ0) is 20.5. The number of likely N-dealkylation sites (N-methyl/N-ethyl adjacent to an activating group) is 1. The van der Waals surface area contributed by atoms with E-state index in [9.17, 15) is 19.1 Å². The lowest BCUT2D eigenvalue weighted by Crippen LogP contribution is -2.37. The summed E-state index contributed by atoms with van der Waals surface area (Å²) < 4.78 is 16.6. The lowest BCUT2D eigenvalue weighted by molar-refractivity contribution is -0.137. The molecule has 2 bridgehead atoms. The Labute approximate surface area is 165 Å². The maximum atomic E-state index is 14.8. The van der Waals surface area contributed by atoms with Crippen molar-refractivity contribution in [2.75, 3.05) is 13.6 Å². The SMILES string of the molecule is CN1CC[C@@](O)(C#Cc2cc3c(cc2F)C2=CC(C2)n2cc(C(N)=O)nc2-3)C1=O. The minimum atomic E-state index is -1.81. The Hall–Kier alpha value is -3.44. The summed E-state index contributed by atoms with van der Waals surface area (Å²) in [6, 6.07) is 2.98. The molecule has 0 saturated carbocycles. The van der Waals surface area contributed by atoms with E-state index in [1.807, 2.05) is 10.6 Å². The number of nitrogens with zero attached hydrogens (tertiary/aromatic N) is 3. The number of rotatable bonds is 1. The van der Waals surface area contributed by atoms with Gasteiger partial charge in [-0.2, -0.15) is 0 Å². The second kappa shape index (κ2) is 5.78. The Bertz CT molecular complexity index is 1200. The van der Waals surface area contributed by atoms with Crippen LogP contribution in [0, 0.1) is 17.7 Å². The molecule has 2 amide bonds. The number of hydrogen-bond donors (Lipinski definition) is 2. The van der Waals surface area contributed by atoms with Gasteiger partial charge in [-0.3, -0.25) is 9.59 Å². The smallest absolute Gasteiger partial charge is 0.268 e.